The predicted molar refractivity (Wildman–Crippen MR) is 80.6 cm³/mol. The molecule has 0 atom stereocenters. The van der Waals surface area contributed by atoms with Crippen LogP contribution in [0.25, 0.3) is 0 Å². The molecule has 1 aliphatic rings. The molecule has 1 aliphatic carbocycles. The molecule has 0 saturated heterocycles. The van der Waals surface area contributed by atoms with Crippen molar-refractivity contribution < 1.29 is 14.3 Å². The van der Waals surface area contributed by atoms with Crippen molar-refractivity contribution in [2.24, 2.45) is 0 Å². The molecule has 0 aromatic heterocycles. The van der Waals surface area contributed by atoms with Crippen molar-refractivity contribution >= 4 is 11.6 Å². The SMILES string of the molecule is O=C(CNCC1(O)CCCCCC1)Nc1cccc(F)c1. The van der Waals surface area contributed by atoms with Gasteiger partial charge in [0.05, 0.1) is 12.1 Å². The maximum Gasteiger partial charge on any atom is 0.238 e. The number of carbonyl (C=O) groups excluding carboxylic acids is 1. The molecule has 1 fully saturated rings. The van der Waals surface area contributed by atoms with Gasteiger partial charge in [0.25, 0.3) is 0 Å². The van der Waals surface area contributed by atoms with Crippen LogP contribution in [0.1, 0.15) is 38.5 Å². The Morgan fingerprint density at radius 3 is 2.62 bits per heavy atom. The third kappa shape index (κ3) is 5.44. The largest absolute Gasteiger partial charge is 0.389 e. The smallest absolute Gasteiger partial charge is 0.238 e. The summed E-state index contributed by atoms with van der Waals surface area (Å²) in [7, 11) is 0. The molecule has 1 saturated carbocycles. The Kier molecular flexibility index (Phi) is 5.70. The van der Waals surface area contributed by atoms with Crippen LogP contribution in [-0.2, 0) is 4.79 Å². The fraction of sp³-hybridized carbons (Fsp3) is 0.562. The standard InChI is InChI=1S/C16H23FN2O2/c17-13-6-5-7-14(10-13)19-15(20)11-18-12-16(21)8-3-1-2-4-9-16/h5-7,10,18,21H,1-4,8-9,11-12H2,(H,19,20). The van der Waals surface area contributed by atoms with Crippen LogP contribution in [0, 0.1) is 5.82 Å². The van der Waals surface area contributed by atoms with Crippen LogP contribution in [0.4, 0.5) is 10.1 Å². The lowest BCUT2D eigenvalue weighted by atomic mass is 9.94. The first-order chi connectivity index (χ1) is 10.1. The third-order valence-electron chi connectivity index (χ3n) is 3.88. The highest BCUT2D eigenvalue weighted by molar-refractivity contribution is 5.92. The van der Waals surface area contributed by atoms with Gasteiger partial charge < -0.3 is 15.7 Å². The Bertz CT molecular complexity index is 471. The molecule has 21 heavy (non-hydrogen) atoms. The number of hydrogen-bond donors (Lipinski definition) is 3. The van der Waals surface area contributed by atoms with Crippen LogP contribution in [0.3, 0.4) is 0 Å². The lowest BCUT2D eigenvalue weighted by Gasteiger charge is -2.26. The fourth-order valence-electron chi connectivity index (χ4n) is 2.74. The first-order valence-electron chi connectivity index (χ1n) is 7.56. The summed E-state index contributed by atoms with van der Waals surface area (Å²) < 4.78 is 13.0. The minimum absolute atomic E-state index is 0.110. The molecule has 0 radical (unpaired) electrons. The van der Waals surface area contributed by atoms with Gasteiger partial charge in [-0.25, -0.2) is 4.39 Å². The van der Waals surface area contributed by atoms with Gasteiger partial charge >= 0.3 is 0 Å². The van der Waals surface area contributed by atoms with E-state index in [0.717, 1.165) is 25.7 Å². The van der Waals surface area contributed by atoms with Crippen molar-refractivity contribution in [1.29, 1.82) is 0 Å². The number of benzene rings is 1. The molecule has 3 N–H and O–H groups in total. The fourth-order valence-corrected chi connectivity index (χ4v) is 2.74. The summed E-state index contributed by atoms with van der Waals surface area (Å²) in [6.07, 6.45) is 5.98. The van der Waals surface area contributed by atoms with Gasteiger partial charge in [0.15, 0.2) is 0 Å². The zero-order valence-corrected chi connectivity index (χ0v) is 12.2. The van der Waals surface area contributed by atoms with Crippen molar-refractivity contribution in [2.75, 3.05) is 18.4 Å². The summed E-state index contributed by atoms with van der Waals surface area (Å²) in [6.45, 7) is 0.530. The average molecular weight is 294 g/mol. The third-order valence-corrected chi connectivity index (χ3v) is 3.88. The molecule has 5 heteroatoms. The number of rotatable bonds is 5. The van der Waals surface area contributed by atoms with Crippen molar-refractivity contribution in [2.45, 2.75) is 44.1 Å². The van der Waals surface area contributed by atoms with E-state index in [0.29, 0.717) is 12.2 Å². The summed E-state index contributed by atoms with van der Waals surface area (Å²) in [5.41, 5.74) is -0.259. The summed E-state index contributed by atoms with van der Waals surface area (Å²) in [6, 6.07) is 5.79. The molecule has 0 unspecified atom stereocenters. The zero-order chi connectivity index (χ0) is 15.1. The van der Waals surface area contributed by atoms with Gasteiger partial charge in [-0.2, -0.15) is 0 Å². The van der Waals surface area contributed by atoms with Gasteiger partial charge in [0, 0.05) is 12.2 Å². The average Bonchev–Trinajstić information content (AvgIpc) is 2.64. The van der Waals surface area contributed by atoms with E-state index in [1.807, 2.05) is 0 Å². The molecular formula is C16H23FN2O2. The van der Waals surface area contributed by atoms with Crippen LogP contribution < -0.4 is 10.6 Å². The maximum absolute atomic E-state index is 13.0. The topological polar surface area (TPSA) is 61.4 Å². The number of amides is 1. The van der Waals surface area contributed by atoms with E-state index in [9.17, 15) is 14.3 Å². The Morgan fingerprint density at radius 1 is 1.24 bits per heavy atom. The van der Waals surface area contributed by atoms with Gasteiger partial charge in [-0.3, -0.25) is 4.79 Å². The predicted octanol–water partition coefficient (Wildman–Crippen LogP) is 2.44. The monoisotopic (exact) mass is 294 g/mol. The number of aliphatic hydroxyl groups is 1. The number of hydrogen-bond acceptors (Lipinski definition) is 3. The Labute approximate surface area is 124 Å². The molecule has 116 valence electrons. The molecule has 1 aromatic rings. The highest BCUT2D eigenvalue weighted by Gasteiger charge is 2.27. The Morgan fingerprint density at radius 2 is 1.95 bits per heavy atom. The number of halogens is 1. The van der Waals surface area contributed by atoms with Gasteiger partial charge in [0.2, 0.25) is 5.91 Å². The molecule has 1 amide bonds. The normalized spacial score (nSPS) is 18.0. The number of nitrogens with one attached hydrogen (secondary N) is 2. The zero-order valence-electron chi connectivity index (χ0n) is 12.2. The lowest BCUT2D eigenvalue weighted by molar-refractivity contribution is -0.115. The molecule has 2 rings (SSSR count). The van der Waals surface area contributed by atoms with Crippen molar-refractivity contribution in [3.05, 3.63) is 30.1 Å². The minimum Gasteiger partial charge on any atom is -0.389 e. The lowest BCUT2D eigenvalue weighted by Crippen LogP contribution is -2.42. The molecular weight excluding hydrogens is 271 g/mol. The van der Waals surface area contributed by atoms with E-state index in [4.69, 9.17) is 0 Å². The second-order valence-corrected chi connectivity index (χ2v) is 5.80. The summed E-state index contributed by atoms with van der Waals surface area (Å²) >= 11 is 0. The first-order valence-corrected chi connectivity index (χ1v) is 7.56. The summed E-state index contributed by atoms with van der Waals surface area (Å²) in [4.78, 5) is 11.8. The number of carbonyl (C=O) groups is 1. The molecule has 0 heterocycles. The number of anilines is 1. The van der Waals surface area contributed by atoms with Crippen LogP contribution in [0.15, 0.2) is 24.3 Å². The summed E-state index contributed by atoms with van der Waals surface area (Å²) in [5, 5.41) is 16.1. The Hall–Kier alpha value is -1.46. The van der Waals surface area contributed by atoms with Gasteiger partial charge in [-0.05, 0) is 31.0 Å². The molecule has 0 spiro atoms. The van der Waals surface area contributed by atoms with Crippen LogP contribution in [-0.4, -0.2) is 29.7 Å². The van der Waals surface area contributed by atoms with Crippen LogP contribution in [0.5, 0.6) is 0 Å². The van der Waals surface area contributed by atoms with E-state index in [1.165, 1.54) is 25.0 Å². The van der Waals surface area contributed by atoms with Gasteiger partial charge in [0.1, 0.15) is 5.82 Å². The minimum atomic E-state index is -0.699. The van der Waals surface area contributed by atoms with E-state index >= 15 is 0 Å². The molecule has 1 aromatic carbocycles. The van der Waals surface area contributed by atoms with E-state index in [2.05, 4.69) is 10.6 Å². The second kappa shape index (κ2) is 7.52. The van der Waals surface area contributed by atoms with Gasteiger partial charge in [-0.1, -0.05) is 31.7 Å². The molecule has 0 bridgehead atoms. The second-order valence-electron chi connectivity index (χ2n) is 5.80. The van der Waals surface area contributed by atoms with E-state index in [-0.39, 0.29) is 18.3 Å². The van der Waals surface area contributed by atoms with E-state index in [1.54, 1.807) is 12.1 Å². The molecule has 0 aliphatic heterocycles. The van der Waals surface area contributed by atoms with Crippen LogP contribution in [0.2, 0.25) is 0 Å². The van der Waals surface area contributed by atoms with E-state index < -0.39 is 5.60 Å². The summed E-state index contributed by atoms with van der Waals surface area (Å²) in [5.74, 6) is -0.619. The Balaban J connectivity index is 1.73. The van der Waals surface area contributed by atoms with Crippen molar-refractivity contribution in [1.82, 2.24) is 5.32 Å². The van der Waals surface area contributed by atoms with Crippen molar-refractivity contribution in [3.63, 3.8) is 0 Å². The quantitative estimate of drug-likeness (QED) is 0.731. The van der Waals surface area contributed by atoms with Crippen molar-refractivity contribution in [3.8, 4) is 0 Å². The highest BCUT2D eigenvalue weighted by Crippen LogP contribution is 2.26. The highest BCUT2D eigenvalue weighted by atomic mass is 19.1. The first kappa shape index (κ1) is 15.9. The van der Waals surface area contributed by atoms with Crippen LogP contribution >= 0.6 is 0 Å². The molecule has 4 nitrogen and oxygen atoms in total. The van der Waals surface area contributed by atoms with Gasteiger partial charge in [-0.15, -0.1) is 0 Å². The maximum atomic E-state index is 13.0.